The Kier molecular flexibility index (Phi) is 6.84. The Labute approximate surface area is 199 Å². The van der Waals surface area contributed by atoms with Gasteiger partial charge in [-0.1, -0.05) is 42.0 Å². The fourth-order valence-corrected chi connectivity index (χ4v) is 5.30. The first-order chi connectivity index (χ1) is 15.9. The summed E-state index contributed by atoms with van der Waals surface area (Å²) in [6.07, 6.45) is 0.837. The number of para-hydroxylation sites is 1. The molecule has 0 saturated heterocycles. The van der Waals surface area contributed by atoms with Crippen LogP contribution in [0.4, 0.5) is 0 Å². The predicted molar refractivity (Wildman–Crippen MR) is 132 cm³/mol. The lowest BCUT2D eigenvalue weighted by Crippen LogP contribution is -2.48. The van der Waals surface area contributed by atoms with Crippen LogP contribution in [0.3, 0.4) is 0 Å². The molecule has 5 nitrogen and oxygen atoms in total. The highest BCUT2D eigenvalue weighted by Gasteiger charge is 2.34. The van der Waals surface area contributed by atoms with Gasteiger partial charge in [-0.2, -0.15) is 0 Å². The number of benzene rings is 2. The maximum absolute atomic E-state index is 13.7. The summed E-state index contributed by atoms with van der Waals surface area (Å²) in [6, 6.07) is 17.4. The van der Waals surface area contributed by atoms with Crippen molar-refractivity contribution in [3.05, 3.63) is 87.1 Å². The van der Waals surface area contributed by atoms with Gasteiger partial charge in [-0.25, -0.2) is 0 Å². The number of carbonyl (C=O) groups excluding carboxylic acids is 2. The molecule has 0 fully saturated rings. The van der Waals surface area contributed by atoms with Crippen molar-refractivity contribution in [2.75, 3.05) is 20.2 Å². The predicted octanol–water partition coefficient (Wildman–Crippen LogP) is 5.09. The quantitative estimate of drug-likeness (QED) is 0.513. The highest BCUT2D eigenvalue weighted by Crippen LogP contribution is 2.38. The van der Waals surface area contributed by atoms with Crippen molar-refractivity contribution in [2.45, 2.75) is 39.3 Å². The molecule has 0 radical (unpaired) electrons. The molecule has 6 heteroatoms. The van der Waals surface area contributed by atoms with Gasteiger partial charge in [0, 0.05) is 17.5 Å². The number of ether oxygens (including phenoxy) is 1. The number of methoxy groups -OCH3 is 1. The second-order valence-corrected chi connectivity index (χ2v) is 9.68. The minimum absolute atomic E-state index is 0.0242. The molecule has 1 aliphatic heterocycles. The minimum Gasteiger partial charge on any atom is -0.496 e. The molecular weight excluding hydrogens is 432 g/mol. The summed E-state index contributed by atoms with van der Waals surface area (Å²) in [5, 5.41) is 2.10. The molecule has 3 aromatic rings. The van der Waals surface area contributed by atoms with Crippen molar-refractivity contribution in [1.29, 1.82) is 0 Å². The number of aryl methyl sites for hydroxylation is 1. The molecule has 0 bridgehead atoms. The lowest BCUT2D eigenvalue weighted by Gasteiger charge is -2.38. The zero-order valence-electron chi connectivity index (χ0n) is 19.6. The van der Waals surface area contributed by atoms with Crippen molar-refractivity contribution >= 4 is 23.2 Å². The van der Waals surface area contributed by atoms with Crippen LogP contribution in [0, 0.1) is 6.92 Å². The van der Waals surface area contributed by atoms with Gasteiger partial charge in [-0.15, -0.1) is 11.3 Å². The Morgan fingerprint density at radius 3 is 2.55 bits per heavy atom. The first kappa shape index (κ1) is 23.1. The van der Waals surface area contributed by atoms with Crippen LogP contribution in [-0.2, 0) is 11.2 Å². The average molecular weight is 463 g/mol. The van der Waals surface area contributed by atoms with E-state index in [2.05, 4.69) is 42.6 Å². The zero-order chi connectivity index (χ0) is 23.5. The number of amides is 2. The Morgan fingerprint density at radius 1 is 1.12 bits per heavy atom. The van der Waals surface area contributed by atoms with Gasteiger partial charge in [-0.3, -0.25) is 9.59 Å². The van der Waals surface area contributed by atoms with Crippen LogP contribution in [0.1, 0.15) is 51.8 Å². The van der Waals surface area contributed by atoms with E-state index in [0.717, 1.165) is 12.0 Å². The SMILES string of the molecule is COc1ccccc1C(=O)N(CC(=O)N1CCc2sccc2C1c1ccc(C)cc1)C(C)C. The van der Waals surface area contributed by atoms with E-state index in [4.69, 9.17) is 4.74 Å². The summed E-state index contributed by atoms with van der Waals surface area (Å²) < 4.78 is 5.39. The van der Waals surface area contributed by atoms with E-state index in [1.807, 2.05) is 30.9 Å². The number of hydrogen-bond acceptors (Lipinski definition) is 4. The van der Waals surface area contributed by atoms with Gasteiger partial charge in [0.15, 0.2) is 0 Å². The molecule has 172 valence electrons. The minimum atomic E-state index is -0.198. The van der Waals surface area contributed by atoms with E-state index in [1.54, 1.807) is 35.5 Å². The third kappa shape index (κ3) is 4.67. The van der Waals surface area contributed by atoms with Crippen LogP contribution < -0.4 is 4.74 Å². The fraction of sp³-hybridized carbons (Fsp3) is 0.333. The molecule has 33 heavy (non-hydrogen) atoms. The summed E-state index contributed by atoms with van der Waals surface area (Å²) in [5.41, 5.74) is 3.94. The summed E-state index contributed by atoms with van der Waals surface area (Å²) in [7, 11) is 1.55. The van der Waals surface area contributed by atoms with Gasteiger partial charge in [-0.05, 0) is 61.9 Å². The number of hydrogen-bond donors (Lipinski definition) is 0. The smallest absolute Gasteiger partial charge is 0.258 e. The van der Waals surface area contributed by atoms with E-state index in [0.29, 0.717) is 17.9 Å². The largest absolute Gasteiger partial charge is 0.496 e. The van der Waals surface area contributed by atoms with Crippen LogP contribution in [0.5, 0.6) is 5.75 Å². The van der Waals surface area contributed by atoms with Crippen LogP contribution in [0.2, 0.25) is 0 Å². The number of fused-ring (bicyclic) bond motifs is 1. The molecule has 2 aromatic carbocycles. The molecule has 0 N–H and O–H groups in total. The molecule has 0 spiro atoms. The van der Waals surface area contributed by atoms with Crippen LogP contribution in [-0.4, -0.2) is 47.9 Å². The van der Waals surface area contributed by atoms with Crippen LogP contribution >= 0.6 is 11.3 Å². The van der Waals surface area contributed by atoms with Crippen molar-refractivity contribution in [2.24, 2.45) is 0 Å². The normalized spacial score (nSPS) is 15.3. The Morgan fingerprint density at radius 2 is 1.85 bits per heavy atom. The molecular formula is C27H30N2O3S. The van der Waals surface area contributed by atoms with Crippen molar-refractivity contribution in [3.63, 3.8) is 0 Å². The fourth-order valence-electron chi connectivity index (χ4n) is 4.39. The molecule has 0 saturated carbocycles. The lowest BCUT2D eigenvalue weighted by atomic mass is 9.92. The van der Waals surface area contributed by atoms with E-state index in [9.17, 15) is 9.59 Å². The van der Waals surface area contributed by atoms with Gasteiger partial charge >= 0.3 is 0 Å². The molecule has 4 rings (SSSR count). The van der Waals surface area contributed by atoms with Gasteiger partial charge in [0.05, 0.1) is 18.7 Å². The van der Waals surface area contributed by atoms with E-state index >= 15 is 0 Å². The third-order valence-electron chi connectivity index (χ3n) is 6.21. The van der Waals surface area contributed by atoms with Crippen molar-refractivity contribution in [3.8, 4) is 5.75 Å². The second-order valence-electron chi connectivity index (χ2n) is 8.68. The van der Waals surface area contributed by atoms with Gasteiger partial charge in [0.25, 0.3) is 5.91 Å². The number of nitrogens with zero attached hydrogens (tertiary/aromatic N) is 2. The standard InChI is InChI=1S/C27H30N2O3S/c1-18(2)29(27(31)21-7-5-6-8-23(21)32-4)17-25(30)28-15-13-24-22(14-16-33-24)26(28)20-11-9-19(3)10-12-20/h5-12,14,16,18,26H,13,15,17H2,1-4H3. The Balaban J connectivity index is 1.63. The summed E-state index contributed by atoms with van der Waals surface area (Å²) in [4.78, 5) is 32.0. The number of rotatable bonds is 6. The highest BCUT2D eigenvalue weighted by molar-refractivity contribution is 7.10. The Hall–Kier alpha value is -3.12. The molecule has 1 atom stereocenters. The van der Waals surface area contributed by atoms with E-state index in [-0.39, 0.29) is 30.4 Å². The summed E-state index contributed by atoms with van der Waals surface area (Å²) in [6.45, 7) is 6.60. The van der Waals surface area contributed by atoms with Gasteiger partial charge < -0.3 is 14.5 Å². The number of carbonyl (C=O) groups is 2. The summed E-state index contributed by atoms with van der Waals surface area (Å²) in [5.74, 6) is 0.268. The van der Waals surface area contributed by atoms with Gasteiger partial charge in [0.1, 0.15) is 12.3 Å². The molecule has 1 aliphatic rings. The first-order valence-electron chi connectivity index (χ1n) is 11.3. The van der Waals surface area contributed by atoms with Gasteiger partial charge in [0.2, 0.25) is 5.91 Å². The van der Waals surface area contributed by atoms with Crippen molar-refractivity contribution in [1.82, 2.24) is 9.80 Å². The zero-order valence-corrected chi connectivity index (χ0v) is 20.4. The Bertz CT molecular complexity index is 1140. The molecule has 2 heterocycles. The average Bonchev–Trinajstić information content (AvgIpc) is 3.30. The highest BCUT2D eigenvalue weighted by atomic mass is 32.1. The van der Waals surface area contributed by atoms with E-state index < -0.39 is 0 Å². The van der Waals surface area contributed by atoms with Crippen LogP contribution in [0.25, 0.3) is 0 Å². The third-order valence-corrected chi connectivity index (χ3v) is 7.20. The van der Waals surface area contributed by atoms with Crippen LogP contribution in [0.15, 0.2) is 60.0 Å². The topological polar surface area (TPSA) is 49.9 Å². The molecule has 0 aliphatic carbocycles. The maximum atomic E-state index is 13.7. The monoisotopic (exact) mass is 462 g/mol. The molecule has 2 amide bonds. The lowest BCUT2D eigenvalue weighted by molar-refractivity contribution is -0.134. The second kappa shape index (κ2) is 9.79. The first-order valence-corrected chi connectivity index (χ1v) is 12.1. The molecule has 1 unspecified atom stereocenters. The summed E-state index contributed by atoms with van der Waals surface area (Å²) >= 11 is 1.75. The van der Waals surface area contributed by atoms with Crippen molar-refractivity contribution < 1.29 is 14.3 Å². The van der Waals surface area contributed by atoms with E-state index in [1.165, 1.54) is 16.0 Å². The number of thiophene rings is 1. The molecule has 1 aromatic heterocycles. The maximum Gasteiger partial charge on any atom is 0.258 e.